The molecule has 3 nitrogen and oxygen atoms in total. The van der Waals surface area contributed by atoms with Gasteiger partial charge in [0.25, 0.3) is 0 Å². The fraction of sp³-hybridized carbons (Fsp3) is 0.650. The summed E-state index contributed by atoms with van der Waals surface area (Å²) in [6, 6.07) is 9.12. The maximum absolute atomic E-state index is 11.8. The van der Waals surface area contributed by atoms with Crippen LogP contribution in [0.5, 0.6) is 0 Å². The average molecular weight is 318 g/mol. The Bertz CT molecular complexity index is 443. The highest BCUT2D eigenvalue weighted by Gasteiger charge is 2.39. The van der Waals surface area contributed by atoms with Gasteiger partial charge in [0, 0.05) is 0 Å². The van der Waals surface area contributed by atoms with Gasteiger partial charge in [0.15, 0.2) is 0 Å². The van der Waals surface area contributed by atoms with Gasteiger partial charge >= 0.3 is 5.97 Å². The fourth-order valence-corrected chi connectivity index (χ4v) is 2.87. The highest BCUT2D eigenvalue weighted by Crippen LogP contribution is 2.28. The molecule has 23 heavy (non-hydrogen) atoms. The van der Waals surface area contributed by atoms with Crippen LogP contribution in [0.4, 0.5) is 0 Å². The van der Waals surface area contributed by atoms with Crippen molar-refractivity contribution in [2.24, 2.45) is 0 Å². The molecule has 0 spiro atoms. The molecule has 1 fully saturated rings. The molecule has 0 aliphatic carbocycles. The van der Waals surface area contributed by atoms with Gasteiger partial charge in [-0.15, -0.1) is 0 Å². The van der Waals surface area contributed by atoms with Crippen LogP contribution < -0.4 is 0 Å². The van der Waals surface area contributed by atoms with Gasteiger partial charge < -0.3 is 9.47 Å². The van der Waals surface area contributed by atoms with E-state index in [1.54, 1.807) is 12.1 Å². The normalized spacial score (nSPS) is 19.5. The smallest absolute Gasteiger partial charge is 0.338 e. The van der Waals surface area contributed by atoms with Crippen molar-refractivity contribution in [2.75, 3.05) is 6.61 Å². The molecule has 2 unspecified atom stereocenters. The maximum Gasteiger partial charge on any atom is 0.338 e. The zero-order valence-electron chi connectivity index (χ0n) is 14.3. The largest absolute Gasteiger partial charge is 0.459 e. The standard InChI is InChI=1S/C20H30O3/c1-2-3-4-5-6-7-8-12-15-18-19(23-18)16-22-20(21)17-13-10-9-11-14-17/h9-11,13-14,18-19H,2-8,12,15-16H2,1H3. The zero-order chi connectivity index (χ0) is 16.3. The van der Waals surface area contributed by atoms with Crippen molar-refractivity contribution in [3.8, 4) is 0 Å². The van der Waals surface area contributed by atoms with Gasteiger partial charge in [-0.1, -0.05) is 76.5 Å². The van der Waals surface area contributed by atoms with E-state index in [1.807, 2.05) is 18.2 Å². The Morgan fingerprint density at radius 3 is 2.30 bits per heavy atom. The Kier molecular flexibility index (Phi) is 8.16. The number of ether oxygens (including phenoxy) is 2. The monoisotopic (exact) mass is 318 g/mol. The Balaban J connectivity index is 1.44. The van der Waals surface area contributed by atoms with Crippen molar-refractivity contribution in [3.05, 3.63) is 35.9 Å². The number of carbonyl (C=O) groups is 1. The molecule has 0 aromatic heterocycles. The first-order valence-electron chi connectivity index (χ1n) is 9.19. The van der Waals surface area contributed by atoms with Crippen LogP contribution >= 0.6 is 0 Å². The highest BCUT2D eigenvalue weighted by atomic mass is 16.6. The molecule has 2 atom stereocenters. The maximum atomic E-state index is 11.8. The first-order valence-corrected chi connectivity index (χ1v) is 9.19. The van der Waals surface area contributed by atoms with E-state index < -0.39 is 0 Å². The molecule has 0 bridgehead atoms. The van der Waals surface area contributed by atoms with E-state index in [-0.39, 0.29) is 12.1 Å². The van der Waals surface area contributed by atoms with Gasteiger partial charge in [-0.25, -0.2) is 4.79 Å². The molecule has 1 heterocycles. The van der Waals surface area contributed by atoms with Gasteiger partial charge in [0.1, 0.15) is 12.7 Å². The lowest BCUT2D eigenvalue weighted by atomic mass is 10.1. The number of carbonyl (C=O) groups excluding carboxylic acids is 1. The van der Waals surface area contributed by atoms with Gasteiger partial charge in [-0.05, 0) is 18.6 Å². The first kappa shape index (κ1) is 18.0. The minimum Gasteiger partial charge on any atom is -0.459 e. The van der Waals surface area contributed by atoms with E-state index in [1.165, 1.54) is 51.4 Å². The lowest BCUT2D eigenvalue weighted by molar-refractivity contribution is 0.0476. The molecule has 1 saturated heterocycles. The average Bonchev–Trinajstić information content (AvgIpc) is 3.34. The zero-order valence-corrected chi connectivity index (χ0v) is 14.3. The Labute approximate surface area is 140 Å². The second-order valence-corrected chi connectivity index (χ2v) is 6.44. The molecule has 0 N–H and O–H groups in total. The molecule has 1 aliphatic rings. The number of hydrogen-bond acceptors (Lipinski definition) is 3. The Hall–Kier alpha value is -1.35. The van der Waals surface area contributed by atoms with Crippen LogP contribution in [0.1, 0.15) is 75.1 Å². The molecule has 2 rings (SSSR count). The predicted octanol–water partition coefficient (Wildman–Crippen LogP) is 5.14. The van der Waals surface area contributed by atoms with Crippen LogP contribution in [0.25, 0.3) is 0 Å². The summed E-state index contributed by atoms with van der Waals surface area (Å²) in [5.74, 6) is -0.257. The summed E-state index contributed by atoms with van der Waals surface area (Å²) in [7, 11) is 0. The van der Waals surface area contributed by atoms with E-state index >= 15 is 0 Å². The van der Waals surface area contributed by atoms with Crippen LogP contribution in [-0.4, -0.2) is 24.8 Å². The van der Waals surface area contributed by atoms with Gasteiger partial charge in [0.2, 0.25) is 0 Å². The number of unbranched alkanes of at least 4 members (excludes halogenated alkanes) is 7. The number of rotatable bonds is 12. The van der Waals surface area contributed by atoms with Crippen molar-refractivity contribution in [2.45, 2.75) is 76.9 Å². The van der Waals surface area contributed by atoms with E-state index in [9.17, 15) is 4.79 Å². The second-order valence-electron chi connectivity index (χ2n) is 6.44. The molecule has 1 aliphatic heterocycles. The molecule has 3 heteroatoms. The summed E-state index contributed by atoms with van der Waals surface area (Å²) in [6.07, 6.45) is 12.2. The predicted molar refractivity (Wildman–Crippen MR) is 92.6 cm³/mol. The van der Waals surface area contributed by atoms with E-state index in [0.29, 0.717) is 18.3 Å². The molecular formula is C20H30O3. The molecule has 1 aromatic rings. The SMILES string of the molecule is CCCCCCCCCCC1OC1COC(=O)c1ccccc1. The molecule has 0 radical (unpaired) electrons. The third-order valence-corrected chi connectivity index (χ3v) is 4.42. The lowest BCUT2D eigenvalue weighted by Crippen LogP contribution is -2.11. The van der Waals surface area contributed by atoms with Crippen molar-refractivity contribution in [3.63, 3.8) is 0 Å². The molecule has 0 saturated carbocycles. The summed E-state index contributed by atoms with van der Waals surface area (Å²) in [6.45, 7) is 2.64. The van der Waals surface area contributed by atoms with Crippen molar-refractivity contribution in [1.29, 1.82) is 0 Å². The molecule has 128 valence electrons. The topological polar surface area (TPSA) is 38.8 Å². The van der Waals surface area contributed by atoms with Crippen molar-refractivity contribution in [1.82, 2.24) is 0 Å². The summed E-state index contributed by atoms with van der Waals surface area (Å²) in [5.41, 5.74) is 0.604. The summed E-state index contributed by atoms with van der Waals surface area (Å²) in [5, 5.41) is 0. The van der Waals surface area contributed by atoms with Gasteiger partial charge in [0.05, 0.1) is 11.7 Å². The molecule has 0 amide bonds. The van der Waals surface area contributed by atoms with Crippen molar-refractivity contribution >= 4 is 5.97 Å². The Morgan fingerprint density at radius 2 is 1.61 bits per heavy atom. The van der Waals surface area contributed by atoms with Crippen LogP contribution in [-0.2, 0) is 9.47 Å². The second kappa shape index (κ2) is 10.4. The van der Waals surface area contributed by atoms with E-state index in [2.05, 4.69) is 6.92 Å². The third kappa shape index (κ3) is 7.17. The summed E-state index contributed by atoms with van der Waals surface area (Å²) >= 11 is 0. The van der Waals surface area contributed by atoms with Crippen LogP contribution in [0, 0.1) is 0 Å². The first-order chi connectivity index (χ1) is 11.3. The number of hydrogen-bond donors (Lipinski definition) is 0. The van der Waals surface area contributed by atoms with Gasteiger partial charge in [-0.2, -0.15) is 0 Å². The lowest BCUT2D eigenvalue weighted by Gasteiger charge is -2.02. The quantitative estimate of drug-likeness (QED) is 0.304. The van der Waals surface area contributed by atoms with Crippen LogP contribution in [0.3, 0.4) is 0 Å². The van der Waals surface area contributed by atoms with Crippen LogP contribution in [0.2, 0.25) is 0 Å². The number of epoxide rings is 1. The van der Waals surface area contributed by atoms with Crippen LogP contribution in [0.15, 0.2) is 30.3 Å². The number of benzene rings is 1. The number of esters is 1. The summed E-state index contributed by atoms with van der Waals surface area (Å²) in [4.78, 5) is 11.8. The summed E-state index contributed by atoms with van der Waals surface area (Å²) < 4.78 is 10.9. The van der Waals surface area contributed by atoms with E-state index in [0.717, 1.165) is 6.42 Å². The Morgan fingerprint density at radius 1 is 0.957 bits per heavy atom. The van der Waals surface area contributed by atoms with Gasteiger partial charge in [-0.3, -0.25) is 0 Å². The minimum atomic E-state index is -0.257. The third-order valence-electron chi connectivity index (χ3n) is 4.42. The molecular weight excluding hydrogens is 288 g/mol. The fourth-order valence-electron chi connectivity index (χ4n) is 2.87. The molecule has 1 aromatic carbocycles. The van der Waals surface area contributed by atoms with Crippen molar-refractivity contribution < 1.29 is 14.3 Å². The van der Waals surface area contributed by atoms with E-state index in [4.69, 9.17) is 9.47 Å². The highest BCUT2D eigenvalue weighted by molar-refractivity contribution is 5.89. The minimum absolute atomic E-state index is 0.118.